The number of aliphatic hydroxyl groups excluding tert-OH is 6. The molecule has 0 bridgehead atoms. The molecule has 3 rings (SSSR count). The Bertz CT molecular complexity index is 1230. The number of nitrogens with one attached hydrogen (secondary N) is 1. The molecule has 300 valence electrons. The van der Waals surface area contributed by atoms with Gasteiger partial charge in [-0.25, -0.2) is 4.79 Å². The van der Waals surface area contributed by atoms with Crippen molar-refractivity contribution in [1.29, 1.82) is 0 Å². The third-order valence-corrected chi connectivity index (χ3v) is 8.69. The lowest BCUT2D eigenvalue weighted by molar-refractivity contribution is -0.350. The van der Waals surface area contributed by atoms with Gasteiger partial charge in [0.05, 0.1) is 37.3 Å². The molecule has 0 unspecified atom stereocenters. The van der Waals surface area contributed by atoms with Crippen LogP contribution in [0.5, 0.6) is 0 Å². The van der Waals surface area contributed by atoms with Crippen molar-refractivity contribution in [2.24, 2.45) is 11.8 Å². The van der Waals surface area contributed by atoms with Gasteiger partial charge in [-0.1, -0.05) is 0 Å². The predicted molar refractivity (Wildman–Crippen MR) is 173 cm³/mol. The summed E-state index contributed by atoms with van der Waals surface area (Å²) >= 11 is 0. The Balaban J connectivity index is 2.05. The molecule has 1 amide bonds. The first-order valence-electron chi connectivity index (χ1n) is 17.1. The van der Waals surface area contributed by atoms with Crippen LogP contribution in [0.2, 0.25) is 0 Å². The van der Waals surface area contributed by atoms with Gasteiger partial charge in [0.1, 0.15) is 60.0 Å². The van der Waals surface area contributed by atoms with Gasteiger partial charge in [-0.3, -0.25) is 14.4 Å². The second kappa shape index (κ2) is 17.7. The Morgan fingerprint density at radius 1 is 0.731 bits per heavy atom. The number of aliphatic hydroxyl groups is 6. The number of esters is 2. The maximum atomic E-state index is 13.6. The minimum absolute atomic E-state index is 0.282. The number of amides is 1. The molecule has 3 aliphatic rings. The number of carboxylic acid groups (broad SMARTS) is 1. The van der Waals surface area contributed by atoms with Crippen LogP contribution in [0.4, 0.5) is 0 Å². The summed E-state index contributed by atoms with van der Waals surface area (Å²) in [7, 11) is 0. The molecule has 0 aromatic heterocycles. The van der Waals surface area contributed by atoms with E-state index < -0.39 is 140 Å². The zero-order valence-corrected chi connectivity index (χ0v) is 30.6. The van der Waals surface area contributed by atoms with Gasteiger partial charge < -0.3 is 74.2 Å². The molecule has 19 nitrogen and oxygen atoms in total. The molecule has 0 aromatic carbocycles. The standard InChI is InChI=1S/C33H55NO18/c1-13(27(42)43)46-17-9-15(28(44)51-32(3,4)5)16(29(45)52-33(6,7)8)10-18(17)47-30-21(34-14(2)37)26(23(39)20(12-36)48-30)50-31-25(41)24(40)22(38)19(11-35)49-31/h13,15-26,30-31,35-36,38-41H,9-12H2,1-8H3,(H,34,37)(H,42,43)/t13-,15+,16-,17+,18-,19+,20+,21+,22-,23-,24-,25+,26+,30+,31-/m0/s1. The van der Waals surface area contributed by atoms with Gasteiger partial charge >= 0.3 is 17.9 Å². The van der Waals surface area contributed by atoms with E-state index in [2.05, 4.69) is 5.32 Å². The molecule has 19 heteroatoms. The first kappa shape index (κ1) is 43.8. The van der Waals surface area contributed by atoms with E-state index in [1.54, 1.807) is 41.5 Å². The highest BCUT2D eigenvalue weighted by Crippen LogP contribution is 2.40. The Kier molecular flexibility index (Phi) is 14.9. The molecule has 1 saturated carbocycles. The fourth-order valence-corrected chi connectivity index (χ4v) is 6.26. The van der Waals surface area contributed by atoms with Crippen LogP contribution in [0, 0.1) is 11.8 Å². The summed E-state index contributed by atoms with van der Waals surface area (Å²) in [5, 5.41) is 74.4. The summed E-state index contributed by atoms with van der Waals surface area (Å²) in [5.41, 5.74) is -1.93. The van der Waals surface area contributed by atoms with Crippen LogP contribution in [0.15, 0.2) is 0 Å². The molecule has 0 aromatic rings. The average molecular weight is 754 g/mol. The smallest absolute Gasteiger partial charge is 0.332 e. The summed E-state index contributed by atoms with van der Waals surface area (Å²) in [4.78, 5) is 51.5. The van der Waals surface area contributed by atoms with Crippen LogP contribution in [0.25, 0.3) is 0 Å². The maximum absolute atomic E-state index is 13.6. The largest absolute Gasteiger partial charge is 0.479 e. The van der Waals surface area contributed by atoms with Gasteiger partial charge in [0.2, 0.25) is 5.91 Å². The van der Waals surface area contributed by atoms with Gasteiger partial charge in [0.25, 0.3) is 0 Å². The van der Waals surface area contributed by atoms with Crippen LogP contribution in [-0.2, 0) is 52.3 Å². The summed E-state index contributed by atoms with van der Waals surface area (Å²) < 4.78 is 40.7. The van der Waals surface area contributed by atoms with E-state index in [1.807, 2.05) is 0 Å². The molecular formula is C33H55NO18. The molecule has 3 fully saturated rings. The quantitative estimate of drug-likeness (QED) is 0.0973. The highest BCUT2D eigenvalue weighted by atomic mass is 16.7. The van der Waals surface area contributed by atoms with E-state index in [1.165, 1.54) is 6.92 Å². The molecule has 2 aliphatic heterocycles. The van der Waals surface area contributed by atoms with E-state index in [4.69, 9.17) is 33.2 Å². The monoisotopic (exact) mass is 753 g/mol. The van der Waals surface area contributed by atoms with E-state index in [0.29, 0.717) is 0 Å². The van der Waals surface area contributed by atoms with Crippen LogP contribution in [0.1, 0.15) is 68.2 Å². The van der Waals surface area contributed by atoms with E-state index in [9.17, 15) is 54.9 Å². The summed E-state index contributed by atoms with van der Waals surface area (Å²) in [6, 6.07) is -1.48. The first-order valence-corrected chi connectivity index (χ1v) is 17.1. The van der Waals surface area contributed by atoms with Crippen molar-refractivity contribution >= 4 is 23.8 Å². The highest BCUT2D eigenvalue weighted by molar-refractivity contribution is 5.83. The molecule has 0 radical (unpaired) electrons. The maximum Gasteiger partial charge on any atom is 0.332 e. The number of carbonyl (C=O) groups is 4. The van der Waals surface area contributed by atoms with Crippen molar-refractivity contribution in [2.45, 2.75) is 159 Å². The minimum atomic E-state index is -1.91. The Morgan fingerprint density at radius 2 is 1.21 bits per heavy atom. The van der Waals surface area contributed by atoms with Crippen molar-refractivity contribution in [3.8, 4) is 0 Å². The third-order valence-electron chi connectivity index (χ3n) is 8.69. The van der Waals surface area contributed by atoms with Crippen LogP contribution in [0.3, 0.4) is 0 Å². The van der Waals surface area contributed by atoms with E-state index in [-0.39, 0.29) is 12.8 Å². The zero-order valence-electron chi connectivity index (χ0n) is 30.6. The molecular weight excluding hydrogens is 698 g/mol. The van der Waals surface area contributed by atoms with Crippen molar-refractivity contribution in [3.05, 3.63) is 0 Å². The van der Waals surface area contributed by atoms with E-state index in [0.717, 1.165) is 6.92 Å². The SMILES string of the molecule is CC(=O)N[C@H]1[C@H](O[C@H]2C[C@H](C(=O)OC(C)(C)C)[C@H](C(=O)OC(C)(C)C)C[C@H]2O[C@@H](C)C(=O)O)O[C@H](CO)[C@H](O)[C@@H]1O[C@@H]1O[C@H](CO)[C@H](O)[C@H](O)[C@H]1O. The molecule has 2 heterocycles. The van der Waals surface area contributed by atoms with Crippen molar-refractivity contribution in [2.75, 3.05) is 13.2 Å². The van der Waals surface area contributed by atoms with Crippen LogP contribution >= 0.6 is 0 Å². The van der Waals surface area contributed by atoms with Crippen molar-refractivity contribution in [1.82, 2.24) is 5.32 Å². The summed E-state index contributed by atoms with van der Waals surface area (Å²) in [6.45, 7) is 10.6. The van der Waals surface area contributed by atoms with Gasteiger partial charge in [-0.2, -0.15) is 0 Å². The fraction of sp³-hybridized carbons (Fsp3) is 0.879. The van der Waals surface area contributed by atoms with E-state index >= 15 is 0 Å². The van der Waals surface area contributed by atoms with Gasteiger partial charge in [-0.05, 0) is 61.3 Å². The Morgan fingerprint density at radius 3 is 1.67 bits per heavy atom. The van der Waals surface area contributed by atoms with Crippen molar-refractivity contribution in [3.63, 3.8) is 0 Å². The Hall–Kier alpha value is -2.56. The number of carbonyl (C=O) groups excluding carboxylic acids is 3. The van der Waals surface area contributed by atoms with Crippen LogP contribution < -0.4 is 5.32 Å². The Labute approximate surface area is 301 Å². The number of aliphatic carboxylic acids is 1. The average Bonchev–Trinajstić information content (AvgIpc) is 3.02. The molecule has 0 spiro atoms. The molecule has 1 aliphatic carbocycles. The molecule has 8 N–H and O–H groups in total. The van der Waals surface area contributed by atoms with Gasteiger partial charge in [0.15, 0.2) is 18.7 Å². The van der Waals surface area contributed by atoms with Gasteiger partial charge in [-0.15, -0.1) is 0 Å². The second-order valence-electron chi connectivity index (χ2n) is 15.3. The predicted octanol–water partition coefficient (Wildman–Crippen LogP) is -2.29. The number of ether oxygens (including phenoxy) is 7. The molecule has 15 atom stereocenters. The lowest BCUT2D eigenvalue weighted by atomic mass is 9.75. The fourth-order valence-electron chi connectivity index (χ4n) is 6.26. The summed E-state index contributed by atoms with van der Waals surface area (Å²) in [5.74, 6) is -5.96. The molecule has 52 heavy (non-hydrogen) atoms. The third kappa shape index (κ3) is 11.2. The summed E-state index contributed by atoms with van der Waals surface area (Å²) in [6.07, 6.45) is -19.7. The minimum Gasteiger partial charge on any atom is -0.479 e. The van der Waals surface area contributed by atoms with Crippen molar-refractivity contribution < 1.29 is 88.1 Å². The number of hydrogen-bond donors (Lipinski definition) is 8. The normalized spacial score (nSPS) is 37.8. The highest BCUT2D eigenvalue weighted by Gasteiger charge is 2.54. The van der Waals surface area contributed by atoms with Crippen LogP contribution in [-0.4, -0.2) is 164 Å². The number of hydrogen-bond acceptors (Lipinski definition) is 17. The second-order valence-corrected chi connectivity index (χ2v) is 15.3. The lowest BCUT2D eigenvalue weighted by Crippen LogP contribution is -2.68. The number of carboxylic acids is 1. The molecule has 2 saturated heterocycles. The van der Waals surface area contributed by atoms with Gasteiger partial charge in [0, 0.05) is 6.92 Å². The zero-order chi connectivity index (χ0) is 39.5. The topological polar surface area (TPSA) is 287 Å². The lowest BCUT2D eigenvalue weighted by Gasteiger charge is -2.49. The first-order chi connectivity index (χ1) is 24.0. The number of rotatable bonds is 12.